The fraction of sp³-hybridized carbons (Fsp3) is 0.118. The average molecular weight is 276 g/mol. The van der Waals surface area contributed by atoms with Crippen molar-refractivity contribution in [1.82, 2.24) is 9.97 Å². The van der Waals surface area contributed by atoms with E-state index < -0.39 is 0 Å². The van der Waals surface area contributed by atoms with Gasteiger partial charge in [-0.25, -0.2) is 9.97 Å². The topological polar surface area (TPSA) is 50.2 Å². The Morgan fingerprint density at radius 2 is 1.71 bits per heavy atom. The fourth-order valence-electron chi connectivity index (χ4n) is 2.13. The highest BCUT2D eigenvalue weighted by Gasteiger charge is 2.04. The summed E-state index contributed by atoms with van der Waals surface area (Å²) >= 11 is 0. The normalized spacial score (nSPS) is 11.1. The van der Waals surface area contributed by atoms with Crippen LogP contribution in [-0.4, -0.2) is 16.2 Å². The minimum Gasteiger partial charge on any atom is -0.278 e. The molecule has 4 heteroatoms. The highest BCUT2D eigenvalue weighted by molar-refractivity contribution is 5.90. The minimum atomic E-state index is 0.743. The standard InChI is InChI=1S/C17H16N4/c1-12-8-9-15-16(10-13(2)20-17(15)19-12)21-18-11-14-6-4-3-5-7-14/h3-11H,1-2H3,(H,19,20,21)/b18-11+. The van der Waals surface area contributed by atoms with Crippen molar-refractivity contribution in [2.24, 2.45) is 5.10 Å². The van der Waals surface area contributed by atoms with E-state index in [0.29, 0.717) is 0 Å². The van der Waals surface area contributed by atoms with Gasteiger partial charge in [-0.2, -0.15) is 5.10 Å². The maximum absolute atomic E-state index is 4.46. The maximum atomic E-state index is 4.46. The zero-order chi connectivity index (χ0) is 14.7. The number of anilines is 1. The molecule has 0 spiro atoms. The molecular formula is C17H16N4. The Labute approximate surface area is 123 Å². The second-order valence-electron chi connectivity index (χ2n) is 4.92. The van der Waals surface area contributed by atoms with Crippen LogP contribution in [0.5, 0.6) is 0 Å². The van der Waals surface area contributed by atoms with Gasteiger partial charge in [0.05, 0.1) is 11.9 Å². The van der Waals surface area contributed by atoms with E-state index >= 15 is 0 Å². The number of rotatable bonds is 3. The van der Waals surface area contributed by atoms with E-state index in [1.807, 2.05) is 62.4 Å². The predicted octanol–water partition coefficient (Wildman–Crippen LogP) is 3.69. The molecule has 2 aromatic heterocycles. The first-order valence-corrected chi connectivity index (χ1v) is 6.81. The molecule has 21 heavy (non-hydrogen) atoms. The van der Waals surface area contributed by atoms with Crippen molar-refractivity contribution in [3.63, 3.8) is 0 Å². The van der Waals surface area contributed by atoms with Crippen LogP contribution in [0.4, 0.5) is 5.69 Å². The lowest BCUT2D eigenvalue weighted by Gasteiger charge is -2.07. The third-order valence-electron chi connectivity index (χ3n) is 3.14. The Morgan fingerprint density at radius 1 is 0.952 bits per heavy atom. The number of hydrogen-bond donors (Lipinski definition) is 1. The molecule has 0 aliphatic rings. The Bertz CT molecular complexity index is 789. The molecule has 2 heterocycles. The summed E-state index contributed by atoms with van der Waals surface area (Å²) in [6.07, 6.45) is 1.79. The van der Waals surface area contributed by atoms with E-state index in [1.165, 1.54) is 0 Å². The molecule has 1 N–H and O–H groups in total. The van der Waals surface area contributed by atoms with E-state index in [1.54, 1.807) is 6.21 Å². The highest BCUT2D eigenvalue weighted by Crippen LogP contribution is 2.22. The molecule has 0 aliphatic carbocycles. The van der Waals surface area contributed by atoms with Crippen LogP contribution in [0, 0.1) is 13.8 Å². The van der Waals surface area contributed by atoms with Gasteiger partial charge in [-0.15, -0.1) is 0 Å². The summed E-state index contributed by atoms with van der Waals surface area (Å²) in [6.45, 7) is 3.92. The quantitative estimate of drug-likeness (QED) is 0.586. The molecule has 0 amide bonds. The number of pyridine rings is 2. The van der Waals surface area contributed by atoms with Gasteiger partial charge in [-0.05, 0) is 37.6 Å². The Balaban J connectivity index is 1.92. The first-order valence-electron chi connectivity index (χ1n) is 6.81. The van der Waals surface area contributed by atoms with E-state index in [9.17, 15) is 0 Å². The molecule has 3 rings (SSSR count). The van der Waals surface area contributed by atoms with Crippen molar-refractivity contribution in [3.05, 3.63) is 65.5 Å². The minimum absolute atomic E-state index is 0.743. The molecule has 0 unspecified atom stereocenters. The fourth-order valence-corrected chi connectivity index (χ4v) is 2.13. The molecular weight excluding hydrogens is 260 g/mol. The lowest BCUT2D eigenvalue weighted by atomic mass is 10.2. The molecule has 0 saturated heterocycles. The average Bonchev–Trinajstić information content (AvgIpc) is 2.47. The van der Waals surface area contributed by atoms with Gasteiger partial charge in [0.25, 0.3) is 0 Å². The number of nitrogens with zero attached hydrogens (tertiary/aromatic N) is 3. The van der Waals surface area contributed by atoms with Crippen molar-refractivity contribution >= 4 is 22.9 Å². The van der Waals surface area contributed by atoms with Crippen molar-refractivity contribution in [2.45, 2.75) is 13.8 Å². The van der Waals surface area contributed by atoms with Crippen molar-refractivity contribution in [2.75, 3.05) is 5.43 Å². The van der Waals surface area contributed by atoms with Crippen molar-refractivity contribution < 1.29 is 0 Å². The zero-order valence-electron chi connectivity index (χ0n) is 12.0. The van der Waals surface area contributed by atoms with E-state index in [2.05, 4.69) is 20.5 Å². The van der Waals surface area contributed by atoms with Crippen LogP contribution in [0.2, 0.25) is 0 Å². The maximum Gasteiger partial charge on any atom is 0.161 e. The second-order valence-corrected chi connectivity index (χ2v) is 4.92. The number of aryl methyl sites for hydroxylation is 2. The number of hydrogen-bond acceptors (Lipinski definition) is 4. The smallest absolute Gasteiger partial charge is 0.161 e. The van der Waals surface area contributed by atoms with E-state index in [0.717, 1.165) is 33.7 Å². The highest BCUT2D eigenvalue weighted by atomic mass is 15.3. The second kappa shape index (κ2) is 5.71. The summed E-state index contributed by atoms with van der Waals surface area (Å²) in [5, 5.41) is 5.26. The van der Waals surface area contributed by atoms with Crippen molar-refractivity contribution in [3.8, 4) is 0 Å². The van der Waals surface area contributed by atoms with Crippen LogP contribution in [0.25, 0.3) is 11.0 Å². The third kappa shape index (κ3) is 3.05. The first kappa shape index (κ1) is 13.2. The zero-order valence-corrected chi connectivity index (χ0v) is 12.0. The number of benzene rings is 1. The van der Waals surface area contributed by atoms with Gasteiger partial charge in [0, 0.05) is 16.8 Å². The Kier molecular flexibility index (Phi) is 3.60. The summed E-state index contributed by atoms with van der Waals surface area (Å²) in [5.74, 6) is 0. The molecule has 104 valence electrons. The van der Waals surface area contributed by atoms with Gasteiger partial charge in [-0.3, -0.25) is 5.43 Å². The lowest BCUT2D eigenvalue weighted by Crippen LogP contribution is -1.96. The molecule has 0 radical (unpaired) electrons. The summed E-state index contributed by atoms with van der Waals surface area (Å²) < 4.78 is 0. The van der Waals surface area contributed by atoms with E-state index in [-0.39, 0.29) is 0 Å². The number of nitrogens with one attached hydrogen (secondary N) is 1. The summed E-state index contributed by atoms with van der Waals surface area (Å²) in [7, 11) is 0. The molecule has 0 fully saturated rings. The van der Waals surface area contributed by atoms with Crippen LogP contribution in [0.1, 0.15) is 17.0 Å². The van der Waals surface area contributed by atoms with Crippen LogP contribution in [0.15, 0.2) is 53.6 Å². The molecule has 1 aromatic carbocycles. The molecule has 0 aliphatic heterocycles. The summed E-state index contributed by atoms with van der Waals surface area (Å²) in [4.78, 5) is 8.92. The third-order valence-corrected chi connectivity index (χ3v) is 3.14. The number of aromatic nitrogens is 2. The Hall–Kier alpha value is -2.75. The van der Waals surface area contributed by atoms with Gasteiger partial charge in [0.1, 0.15) is 0 Å². The van der Waals surface area contributed by atoms with Gasteiger partial charge in [-0.1, -0.05) is 30.3 Å². The molecule has 0 saturated carbocycles. The first-order chi connectivity index (χ1) is 10.2. The monoisotopic (exact) mass is 276 g/mol. The lowest BCUT2D eigenvalue weighted by molar-refractivity contribution is 1.16. The van der Waals surface area contributed by atoms with Crippen LogP contribution in [0.3, 0.4) is 0 Å². The van der Waals surface area contributed by atoms with Gasteiger partial charge >= 0.3 is 0 Å². The molecule has 4 nitrogen and oxygen atoms in total. The number of fused-ring (bicyclic) bond motifs is 1. The SMILES string of the molecule is Cc1ccc2c(N/N=C/c3ccccc3)cc(C)nc2n1. The number of hydrazone groups is 1. The van der Waals surface area contributed by atoms with Gasteiger partial charge < -0.3 is 0 Å². The molecule has 3 aromatic rings. The van der Waals surface area contributed by atoms with Crippen LogP contribution in [-0.2, 0) is 0 Å². The predicted molar refractivity (Wildman–Crippen MR) is 86.7 cm³/mol. The Morgan fingerprint density at radius 3 is 2.52 bits per heavy atom. The van der Waals surface area contributed by atoms with E-state index in [4.69, 9.17) is 0 Å². The summed E-state index contributed by atoms with van der Waals surface area (Å²) in [6, 6.07) is 15.9. The molecule has 0 bridgehead atoms. The largest absolute Gasteiger partial charge is 0.278 e. The van der Waals surface area contributed by atoms with Gasteiger partial charge in [0.2, 0.25) is 0 Å². The summed E-state index contributed by atoms with van der Waals surface area (Å²) in [5.41, 5.74) is 7.67. The van der Waals surface area contributed by atoms with Crippen molar-refractivity contribution in [1.29, 1.82) is 0 Å². The van der Waals surface area contributed by atoms with Crippen LogP contribution >= 0.6 is 0 Å². The van der Waals surface area contributed by atoms with Crippen LogP contribution < -0.4 is 5.43 Å². The van der Waals surface area contributed by atoms with Gasteiger partial charge in [0.15, 0.2) is 5.65 Å². The molecule has 0 atom stereocenters.